The van der Waals surface area contributed by atoms with E-state index in [-0.39, 0.29) is 6.71 Å². The summed E-state index contributed by atoms with van der Waals surface area (Å²) in [5, 5.41) is 5.60. The summed E-state index contributed by atoms with van der Waals surface area (Å²) in [6, 6.07) is 43.6. The van der Waals surface area contributed by atoms with Gasteiger partial charge >= 0.3 is 0 Å². The van der Waals surface area contributed by atoms with Crippen molar-refractivity contribution >= 4 is 44.6 Å². The maximum atomic E-state index is 2.58. The summed E-state index contributed by atoms with van der Waals surface area (Å²) in [6.07, 6.45) is 2.07. The standard InChI is InChI=1S/C46H41B/c1-28-23-30(3)45(31(4)24-28)47(46-32(5)25-29(2)26-33(46)6)42-27-41(35-15-11-8-12-16-35)39-20-18-36-17-19-37(34-13-9-7-10-14-34)38-21-22-40(42)44(39)43(36)38/h7-20,23-27H,21-22H2,1-6H3. The SMILES string of the molecule is Cc1cc(C)c(B(c2cc(-c3ccccc3)c3ccc4ccc(-c5ccccc5)c5c4c3c2CC5)c2c(C)cc(C)cc2C)c(C)c1. The molecule has 8 rings (SSSR count). The summed E-state index contributed by atoms with van der Waals surface area (Å²) in [5.74, 6) is 0. The number of benzene rings is 7. The molecular weight excluding hydrogens is 563 g/mol. The van der Waals surface area contributed by atoms with Crippen LogP contribution in [0.4, 0.5) is 0 Å². The van der Waals surface area contributed by atoms with Gasteiger partial charge in [0.1, 0.15) is 0 Å². The first-order chi connectivity index (χ1) is 22.8. The Labute approximate surface area is 280 Å². The van der Waals surface area contributed by atoms with E-state index in [0.29, 0.717) is 0 Å². The van der Waals surface area contributed by atoms with E-state index in [9.17, 15) is 0 Å². The Balaban J connectivity index is 1.56. The van der Waals surface area contributed by atoms with Crippen LogP contribution in [0, 0.1) is 41.5 Å². The van der Waals surface area contributed by atoms with Crippen molar-refractivity contribution in [3.8, 4) is 22.3 Å². The summed E-state index contributed by atoms with van der Waals surface area (Å²) >= 11 is 0. The van der Waals surface area contributed by atoms with E-state index in [4.69, 9.17) is 0 Å². The van der Waals surface area contributed by atoms with Crippen molar-refractivity contribution in [3.05, 3.63) is 160 Å². The van der Waals surface area contributed by atoms with Gasteiger partial charge in [0, 0.05) is 0 Å². The molecule has 0 aliphatic heterocycles. The third kappa shape index (κ3) is 4.83. The molecule has 47 heavy (non-hydrogen) atoms. The minimum atomic E-state index is 0.132. The van der Waals surface area contributed by atoms with Gasteiger partial charge in [-0.05, 0) is 109 Å². The predicted molar refractivity (Wildman–Crippen MR) is 206 cm³/mol. The number of rotatable bonds is 5. The van der Waals surface area contributed by atoms with Gasteiger partial charge in [0.25, 0.3) is 0 Å². The first-order valence-corrected chi connectivity index (χ1v) is 17.1. The van der Waals surface area contributed by atoms with Crippen LogP contribution in [0.5, 0.6) is 0 Å². The summed E-state index contributed by atoms with van der Waals surface area (Å²) in [7, 11) is 0. The van der Waals surface area contributed by atoms with E-state index in [1.165, 1.54) is 105 Å². The minimum absolute atomic E-state index is 0.132. The monoisotopic (exact) mass is 604 g/mol. The second kappa shape index (κ2) is 11.4. The molecule has 0 saturated carbocycles. The normalized spacial score (nSPS) is 12.3. The average Bonchev–Trinajstić information content (AvgIpc) is 3.06. The van der Waals surface area contributed by atoms with Gasteiger partial charge in [0.15, 0.2) is 0 Å². The molecule has 0 nitrogen and oxygen atoms in total. The molecule has 0 saturated heterocycles. The van der Waals surface area contributed by atoms with E-state index < -0.39 is 0 Å². The highest BCUT2D eigenvalue weighted by Crippen LogP contribution is 2.43. The molecule has 228 valence electrons. The lowest BCUT2D eigenvalue weighted by Crippen LogP contribution is -2.57. The van der Waals surface area contributed by atoms with E-state index >= 15 is 0 Å². The third-order valence-corrected chi connectivity index (χ3v) is 10.7. The zero-order valence-electron chi connectivity index (χ0n) is 28.5. The van der Waals surface area contributed by atoms with Crippen LogP contribution in [0.15, 0.2) is 115 Å². The highest BCUT2D eigenvalue weighted by Gasteiger charge is 2.33. The van der Waals surface area contributed by atoms with Crippen LogP contribution >= 0.6 is 0 Å². The molecule has 0 aromatic heterocycles. The van der Waals surface area contributed by atoms with Crippen LogP contribution in [-0.2, 0) is 12.8 Å². The van der Waals surface area contributed by atoms with Crippen LogP contribution in [0.3, 0.4) is 0 Å². The molecule has 7 aromatic rings. The maximum absolute atomic E-state index is 2.58. The van der Waals surface area contributed by atoms with E-state index in [1.807, 2.05) is 0 Å². The van der Waals surface area contributed by atoms with Crippen LogP contribution < -0.4 is 16.4 Å². The van der Waals surface area contributed by atoms with Crippen molar-refractivity contribution in [2.45, 2.75) is 54.4 Å². The highest BCUT2D eigenvalue weighted by molar-refractivity contribution is 6.97. The number of hydrogen-bond acceptors (Lipinski definition) is 0. The molecule has 0 N–H and O–H groups in total. The summed E-state index contributed by atoms with van der Waals surface area (Å²) < 4.78 is 0. The fourth-order valence-electron chi connectivity index (χ4n) is 9.02. The van der Waals surface area contributed by atoms with Crippen molar-refractivity contribution in [1.82, 2.24) is 0 Å². The fraction of sp³-hybridized carbons (Fsp3) is 0.174. The Morgan fingerprint density at radius 3 is 1.49 bits per heavy atom. The smallest absolute Gasteiger partial charge is 0.0642 e. The van der Waals surface area contributed by atoms with Gasteiger partial charge in [-0.2, -0.15) is 0 Å². The van der Waals surface area contributed by atoms with E-state index in [0.717, 1.165) is 12.8 Å². The van der Waals surface area contributed by atoms with Gasteiger partial charge in [0.2, 0.25) is 6.71 Å². The van der Waals surface area contributed by atoms with Crippen molar-refractivity contribution < 1.29 is 0 Å². The molecule has 1 heteroatoms. The van der Waals surface area contributed by atoms with Gasteiger partial charge in [-0.3, -0.25) is 0 Å². The molecule has 0 radical (unpaired) electrons. The highest BCUT2D eigenvalue weighted by atomic mass is 14.3. The molecule has 0 heterocycles. The van der Waals surface area contributed by atoms with Gasteiger partial charge in [-0.25, -0.2) is 0 Å². The first kappa shape index (κ1) is 29.5. The lowest BCUT2D eigenvalue weighted by Gasteiger charge is -2.30. The molecule has 0 atom stereocenters. The molecular formula is C46H41B. The summed E-state index contributed by atoms with van der Waals surface area (Å²) in [6.45, 7) is 13.9. The Morgan fingerprint density at radius 2 is 0.936 bits per heavy atom. The van der Waals surface area contributed by atoms with Crippen molar-refractivity contribution in [1.29, 1.82) is 0 Å². The van der Waals surface area contributed by atoms with Gasteiger partial charge in [-0.1, -0.05) is 165 Å². The van der Waals surface area contributed by atoms with Gasteiger partial charge in [-0.15, -0.1) is 0 Å². The van der Waals surface area contributed by atoms with Gasteiger partial charge in [0.05, 0.1) is 0 Å². The first-order valence-electron chi connectivity index (χ1n) is 17.1. The van der Waals surface area contributed by atoms with Crippen LogP contribution in [0.25, 0.3) is 43.8 Å². The van der Waals surface area contributed by atoms with E-state index in [2.05, 4.69) is 157 Å². The molecule has 0 amide bonds. The molecule has 1 aliphatic rings. The van der Waals surface area contributed by atoms with Gasteiger partial charge < -0.3 is 0 Å². The predicted octanol–water partition coefficient (Wildman–Crippen LogP) is 9.79. The molecule has 0 fully saturated rings. The second-order valence-corrected chi connectivity index (χ2v) is 14.0. The largest absolute Gasteiger partial charge is 0.242 e. The van der Waals surface area contributed by atoms with Crippen LogP contribution in [0.1, 0.15) is 44.5 Å². The molecule has 0 bridgehead atoms. The lowest BCUT2D eigenvalue weighted by molar-refractivity contribution is 0.976. The Bertz CT molecular complexity index is 2240. The Morgan fingerprint density at radius 1 is 0.447 bits per heavy atom. The zero-order chi connectivity index (χ0) is 32.4. The molecule has 0 spiro atoms. The molecule has 0 unspecified atom stereocenters. The van der Waals surface area contributed by atoms with Crippen molar-refractivity contribution in [2.24, 2.45) is 0 Å². The van der Waals surface area contributed by atoms with Crippen molar-refractivity contribution in [3.63, 3.8) is 0 Å². The van der Waals surface area contributed by atoms with Crippen molar-refractivity contribution in [2.75, 3.05) is 0 Å². The zero-order valence-corrected chi connectivity index (χ0v) is 28.5. The average molecular weight is 605 g/mol. The topological polar surface area (TPSA) is 0 Å². The summed E-state index contributed by atoms with van der Waals surface area (Å²) in [5.41, 5.74) is 20.8. The van der Waals surface area contributed by atoms with E-state index in [1.54, 1.807) is 0 Å². The Hall–Kier alpha value is -4.88. The number of hydrogen-bond donors (Lipinski definition) is 0. The quantitative estimate of drug-likeness (QED) is 0.136. The maximum Gasteiger partial charge on any atom is 0.242 e. The fourth-order valence-corrected chi connectivity index (χ4v) is 9.02. The second-order valence-electron chi connectivity index (χ2n) is 14.0. The third-order valence-electron chi connectivity index (χ3n) is 10.7. The molecule has 7 aromatic carbocycles. The number of aryl methyl sites for hydroxylation is 8. The Kier molecular flexibility index (Phi) is 7.18. The lowest BCUT2D eigenvalue weighted by atomic mass is 9.33. The molecule has 1 aliphatic carbocycles. The minimum Gasteiger partial charge on any atom is -0.0642 e. The summed E-state index contributed by atoms with van der Waals surface area (Å²) in [4.78, 5) is 0. The van der Waals surface area contributed by atoms with Crippen LogP contribution in [-0.4, -0.2) is 6.71 Å². The van der Waals surface area contributed by atoms with Crippen LogP contribution in [0.2, 0.25) is 0 Å².